The van der Waals surface area contributed by atoms with E-state index < -0.39 is 0 Å². The minimum absolute atomic E-state index is 0. The maximum atomic E-state index is 4.66. The summed E-state index contributed by atoms with van der Waals surface area (Å²) in [5, 5.41) is 6.79. The average Bonchev–Trinajstić information content (AvgIpc) is 2.42. The number of hydrogen-bond acceptors (Lipinski definition) is 2. The summed E-state index contributed by atoms with van der Waals surface area (Å²) in [6.07, 6.45) is 2.38. The molecule has 0 aromatic carbocycles. The monoisotopic (exact) mass is 412 g/mol. The van der Waals surface area contributed by atoms with Gasteiger partial charge in [-0.1, -0.05) is 27.7 Å². The third-order valence-corrected chi connectivity index (χ3v) is 3.76. The van der Waals surface area contributed by atoms with Crippen molar-refractivity contribution in [2.75, 3.05) is 32.7 Å². The van der Waals surface area contributed by atoms with Crippen molar-refractivity contribution in [3.8, 4) is 0 Å². The first-order valence-electron chi connectivity index (χ1n) is 8.32. The summed E-state index contributed by atoms with van der Waals surface area (Å²) in [5.74, 6) is 1.57. The molecule has 0 rings (SSSR count). The van der Waals surface area contributed by atoms with Gasteiger partial charge in [-0.3, -0.25) is 4.99 Å². The van der Waals surface area contributed by atoms with Crippen molar-refractivity contribution in [1.82, 2.24) is 15.5 Å². The first-order chi connectivity index (χ1) is 9.54. The Labute approximate surface area is 149 Å². The molecule has 0 amide bonds. The predicted octanol–water partition coefficient (Wildman–Crippen LogP) is 3.33. The number of halogens is 1. The summed E-state index contributed by atoms with van der Waals surface area (Å²) in [6.45, 7) is 18.5. The van der Waals surface area contributed by atoms with Gasteiger partial charge in [0.05, 0.1) is 0 Å². The summed E-state index contributed by atoms with van der Waals surface area (Å²) in [5.41, 5.74) is 0. The maximum absolute atomic E-state index is 4.66. The summed E-state index contributed by atoms with van der Waals surface area (Å²) in [6, 6.07) is 0.448. The molecule has 0 heterocycles. The van der Waals surface area contributed by atoms with E-state index in [4.69, 9.17) is 0 Å². The SMILES string of the molecule is CCNC(=NCCCCN(CC)CC)NC(C)C(C)C.I. The lowest BCUT2D eigenvalue weighted by Crippen LogP contribution is -2.44. The molecule has 0 saturated carbocycles. The highest BCUT2D eigenvalue weighted by atomic mass is 127. The number of rotatable bonds is 10. The highest BCUT2D eigenvalue weighted by molar-refractivity contribution is 14.0. The van der Waals surface area contributed by atoms with Gasteiger partial charge in [-0.2, -0.15) is 0 Å². The lowest BCUT2D eigenvalue weighted by atomic mass is 10.1. The number of unbranched alkanes of at least 4 members (excludes halogenated alkanes) is 1. The van der Waals surface area contributed by atoms with E-state index in [2.05, 4.69) is 62.1 Å². The van der Waals surface area contributed by atoms with Crippen LogP contribution in [0.5, 0.6) is 0 Å². The standard InChI is InChI=1S/C16H36N4.HI/c1-7-17-16(19-15(6)14(4)5)18-12-10-11-13-20(8-2)9-3;/h14-15H,7-13H2,1-6H3,(H2,17,18,19);1H. The molecular weight excluding hydrogens is 375 g/mol. The lowest BCUT2D eigenvalue weighted by Gasteiger charge is -2.21. The second-order valence-electron chi connectivity index (χ2n) is 5.67. The largest absolute Gasteiger partial charge is 0.357 e. The summed E-state index contributed by atoms with van der Waals surface area (Å²) in [4.78, 5) is 7.13. The van der Waals surface area contributed by atoms with Gasteiger partial charge in [-0.05, 0) is 52.2 Å². The Morgan fingerprint density at radius 3 is 2.14 bits per heavy atom. The van der Waals surface area contributed by atoms with Crippen molar-refractivity contribution in [3.05, 3.63) is 0 Å². The van der Waals surface area contributed by atoms with E-state index in [0.29, 0.717) is 12.0 Å². The van der Waals surface area contributed by atoms with E-state index >= 15 is 0 Å². The molecule has 1 atom stereocenters. The first kappa shape index (κ1) is 23.2. The van der Waals surface area contributed by atoms with E-state index in [1.165, 1.54) is 13.0 Å². The lowest BCUT2D eigenvalue weighted by molar-refractivity contribution is 0.297. The molecule has 0 aromatic rings. The second-order valence-corrected chi connectivity index (χ2v) is 5.67. The molecule has 0 spiro atoms. The van der Waals surface area contributed by atoms with E-state index in [-0.39, 0.29) is 24.0 Å². The van der Waals surface area contributed by atoms with Crippen LogP contribution in [-0.2, 0) is 0 Å². The van der Waals surface area contributed by atoms with Crippen LogP contribution in [0.3, 0.4) is 0 Å². The second kappa shape index (κ2) is 14.9. The predicted molar refractivity (Wildman–Crippen MR) is 106 cm³/mol. The quantitative estimate of drug-likeness (QED) is 0.250. The minimum atomic E-state index is 0. The van der Waals surface area contributed by atoms with Gasteiger partial charge in [0, 0.05) is 19.1 Å². The van der Waals surface area contributed by atoms with Gasteiger partial charge < -0.3 is 15.5 Å². The zero-order chi connectivity index (χ0) is 15.4. The molecule has 0 radical (unpaired) electrons. The molecule has 4 nitrogen and oxygen atoms in total. The molecule has 128 valence electrons. The fourth-order valence-electron chi connectivity index (χ4n) is 1.88. The Bertz CT molecular complexity index is 253. The van der Waals surface area contributed by atoms with Crippen LogP contribution in [0, 0.1) is 5.92 Å². The van der Waals surface area contributed by atoms with Crippen molar-refractivity contribution in [1.29, 1.82) is 0 Å². The Kier molecular flexibility index (Phi) is 16.5. The van der Waals surface area contributed by atoms with Crippen LogP contribution in [0.15, 0.2) is 4.99 Å². The van der Waals surface area contributed by atoms with Crippen molar-refractivity contribution < 1.29 is 0 Å². The Morgan fingerprint density at radius 2 is 1.67 bits per heavy atom. The van der Waals surface area contributed by atoms with Gasteiger partial charge >= 0.3 is 0 Å². The van der Waals surface area contributed by atoms with Crippen LogP contribution < -0.4 is 10.6 Å². The van der Waals surface area contributed by atoms with E-state index in [1.807, 2.05) is 0 Å². The van der Waals surface area contributed by atoms with Crippen molar-refractivity contribution in [2.45, 2.75) is 60.4 Å². The molecular formula is C16H37IN4. The molecule has 0 aromatic heterocycles. The van der Waals surface area contributed by atoms with E-state index in [9.17, 15) is 0 Å². The first-order valence-corrected chi connectivity index (χ1v) is 8.32. The third-order valence-electron chi connectivity index (χ3n) is 3.76. The van der Waals surface area contributed by atoms with Gasteiger partial charge in [-0.25, -0.2) is 0 Å². The van der Waals surface area contributed by atoms with Gasteiger partial charge in [0.2, 0.25) is 0 Å². The maximum Gasteiger partial charge on any atom is 0.191 e. The summed E-state index contributed by atoms with van der Waals surface area (Å²) in [7, 11) is 0. The number of guanidine groups is 1. The highest BCUT2D eigenvalue weighted by Gasteiger charge is 2.08. The molecule has 5 heteroatoms. The van der Waals surface area contributed by atoms with Crippen molar-refractivity contribution in [2.24, 2.45) is 10.9 Å². The Balaban J connectivity index is 0. The number of nitrogens with zero attached hydrogens (tertiary/aromatic N) is 2. The molecule has 1 unspecified atom stereocenters. The number of hydrogen-bond donors (Lipinski definition) is 2. The molecule has 0 aliphatic carbocycles. The highest BCUT2D eigenvalue weighted by Crippen LogP contribution is 2.00. The Hall–Kier alpha value is -0.0400. The van der Waals surface area contributed by atoms with Crippen LogP contribution in [0.1, 0.15) is 54.4 Å². The smallest absolute Gasteiger partial charge is 0.191 e. The zero-order valence-electron chi connectivity index (χ0n) is 14.9. The van der Waals surface area contributed by atoms with Gasteiger partial charge in [0.25, 0.3) is 0 Å². The molecule has 0 saturated heterocycles. The zero-order valence-corrected chi connectivity index (χ0v) is 17.2. The van der Waals surface area contributed by atoms with Gasteiger partial charge in [0.1, 0.15) is 0 Å². The van der Waals surface area contributed by atoms with Gasteiger partial charge in [-0.15, -0.1) is 24.0 Å². The van der Waals surface area contributed by atoms with Crippen molar-refractivity contribution >= 4 is 29.9 Å². The van der Waals surface area contributed by atoms with E-state index in [1.54, 1.807) is 0 Å². The number of nitrogens with one attached hydrogen (secondary N) is 2. The molecule has 0 bridgehead atoms. The van der Waals surface area contributed by atoms with Crippen LogP contribution in [0.25, 0.3) is 0 Å². The van der Waals surface area contributed by atoms with Crippen LogP contribution >= 0.6 is 24.0 Å². The molecule has 21 heavy (non-hydrogen) atoms. The normalized spacial score (nSPS) is 13.2. The third kappa shape index (κ3) is 12.2. The minimum Gasteiger partial charge on any atom is -0.357 e. The summed E-state index contributed by atoms with van der Waals surface area (Å²) >= 11 is 0. The molecule has 0 aliphatic rings. The molecule has 0 aliphatic heterocycles. The van der Waals surface area contributed by atoms with Crippen LogP contribution in [0.2, 0.25) is 0 Å². The fourth-order valence-corrected chi connectivity index (χ4v) is 1.88. The molecule has 2 N–H and O–H groups in total. The average molecular weight is 412 g/mol. The van der Waals surface area contributed by atoms with E-state index in [0.717, 1.165) is 38.6 Å². The number of aliphatic imine (C=N–C) groups is 1. The Morgan fingerprint density at radius 1 is 1.05 bits per heavy atom. The van der Waals surface area contributed by atoms with Crippen molar-refractivity contribution in [3.63, 3.8) is 0 Å². The molecule has 0 fully saturated rings. The fraction of sp³-hybridized carbons (Fsp3) is 0.938. The van der Waals surface area contributed by atoms with Crippen LogP contribution in [0.4, 0.5) is 0 Å². The van der Waals surface area contributed by atoms with Crippen LogP contribution in [-0.4, -0.2) is 49.6 Å². The summed E-state index contributed by atoms with van der Waals surface area (Å²) < 4.78 is 0. The van der Waals surface area contributed by atoms with Gasteiger partial charge in [0.15, 0.2) is 5.96 Å². The topological polar surface area (TPSA) is 39.7 Å².